The molecule has 0 aliphatic carbocycles. The quantitative estimate of drug-likeness (QED) is 0.281. The van der Waals surface area contributed by atoms with Gasteiger partial charge in [0.1, 0.15) is 0 Å². The normalized spacial score (nSPS) is 17.4. The fourth-order valence-electron chi connectivity index (χ4n) is 3.17. The van der Waals surface area contributed by atoms with Crippen LogP contribution in [0.15, 0.2) is 29.3 Å². The molecule has 0 aromatic heterocycles. The lowest BCUT2D eigenvalue weighted by atomic mass is 10.1. The minimum Gasteiger partial charge on any atom is -0.357 e. The lowest BCUT2D eigenvalue weighted by Gasteiger charge is -2.32. The van der Waals surface area contributed by atoms with Crippen LogP contribution in [0.25, 0.3) is 0 Å². The van der Waals surface area contributed by atoms with E-state index in [1.54, 1.807) is 23.0 Å². The maximum Gasteiger partial charge on any atom is 0.213 e. The third kappa shape index (κ3) is 8.43. The van der Waals surface area contributed by atoms with Gasteiger partial charge in [-0.25, -0.2) is 12.7 Å². The van der Waals surface area contributed by atoms with E-state index in [1.807, 2.05) is 25.1 Å². The first-order valence-corrected chi connectivity index (χ1v) is 13.0. The van der Waals surface area contributed by atoms with E-state index in [9.17, 15) is 8.42 Å². The van der Waals surface area contributed by atoms with Crippen LogP contribution in [-0.2, 0) is 10.0 Å². The number of halogens is 2. The van der Waals surface area contributed by atoms with E-state index >= 15 is 0 Å². The summed E-state index contributed by atoms with van der Waals surface area (Å²) in [5.41, 5.74) is 1.16. The van der Waals surface area contributed by atoms with Gasteiger partial charge in [-0.3, -0.25) is 4.99 Å². The van der Waals surface area contributed by atoms with Crippen LogP contribution in [0.3, 0.4) is 0 Å². The van der Waals surface area contributed by atoms with Crippen molar-refractivity contribution in [1.82, 2.24) is 14.9 Å². The highest BCUT2D eigenvalue weighted by molar-refractivity contribution is 14.0. The van der Waals surface area contributed by atoms with Gasteiger partial charge < -0.3 is 10.6 Å². The summed E-state index contributed by atoms with van der Waals surface area (Å²) in [5, 5.41) is 7.73. The molecule has 1 heterocycles. The number of piperidine rings is 1. The van der Waals surface area contributed by atoms with Crippen molar-refractivity contribution in [2.24, 2.45) is 4.99 Å². The number of nitrogens with one attached hydrogen (secondary N) is 2. The number of benzene rings is 1. The van der Waals surface area contributed by atoms with Crippen molar-refractivity contribution >= 4 is 63.3 Å². The predicted octanol–water partition coefficient (Wildman–Crippen LogP) is 3.73. The second-order valence-electron chi connectivity index (χ2n) is 6.72. The third-order valence-electron chi connectivity index (χ3n) is 4.82. The minimum absolute atomic E-state index is 0. The lowest BCUT2D eigenvalue weighted by molar-refractivity contribution is 0.306. The summed E-state index contributed by atoms with van der Waals surface area (Å²) in [7, 11) is -3.10. The van der Waals surface area contributed by atoms with Gasteiger partial charge in [-0.15, -0.1) is 24.0 Å². The van der Waals surface area contributed by atoms with Gasteiger partial charge in [0.2, 0.25) is 10.0 Å². The van der Waals surface area contributed by atoms with E-state index < -0.39 is 10.0 Å². The van der Waals surface area contributed by atoms with Gasteiger partial charge in [0.25, 0.3) is 0 Å². The van der Waals surface area contributed by atoms with Crippen molar-refractivity contribution in [2.45, 2.75) is 38.0 Å². The molecule has 1 fully saturated rings. The van der Waals surface area contributed by atoms with Crippen LogP contribution in [0.5, 0.6) is 0 Å². The Kier molecular flexibility index (Phi) is 12.2. The summed E-state index contributed by atoms with van der Waals surface area (Å²) in [4.78, 5) is 4.77. The molecular formula is C19H32ClIN4O2S2. The fourth-order valence-corrected chi connectivity index (χ4v) is 5.14. The van der Waals surface area contributed by atoms with Crippen molar-refractivity contribution < 1.29 is 8.42 Å². The summed E-state index contributed by atoms with van der Waals surface area (Å²) in [6, 6.07) is 8.13. The molecule has 6 nitrogen and oxygen atoms in total. The van der Waals surface area contributed by atoms with Crippen LogP contribution < -0.4 is 10.6 Å². The van der Waals surface area contributed by atoms with E-state index in [0.29, 0.717) is 19.6 Å². The molecule has 29 heavy (non-hydrogen) atoms. The van der Waals surface area contributed by atoms with Crippen LogP contribution in [0, 0.1) is 0 Å². The molecular weight excluding hydrogens is 543 g/mol. The number of rotatable bonds is 8. The summed E-state index contributed by atoms with van der Waals surface area (Å²) >= 11 is 7.87. The van der Waals surface area contributed by atoms with Crippen LogP contribution in [0.2, 0.25) is 5.02 Å². The van der Waals surface area contributed by atoms with Gasteiger partial charge in [-0.2, -0.15) is 11.8 Å². The Morgan fingerprint density at radius 1 is 1.34 bits per heavy atom. The van der Waals surface area contributed by atoms with Gasteiger partial charge in [0.15, 0.2) is 5.96 Å². The molecule has 1 aromatic rings. The molecule has 0 saturated carbocycles. The first-order valence-electron chi connectivity index (χ1n) is 9.70. The summed E-state index contributed by atoms with van der Waals surface area (Å²) in [5.74, 6) is 0.940. The smallest absolute Gasteiger partial charge is 0.213 e. The molecule has 2 N–H and O–H groups in total. The van der Waals surface area contributed by atoms with E-state index in [0.717, 1.165) is 35.9 Å². The Labute approximate surface area is 201 Å². The monoisotopic (exact) mass is 574 g/mol. The summed E-state index contributed by atoms with van der Waals surface area (Å²) in [6.07, 6.45) is 3.64. The second kappa shape index (κ2) is 13.2. The molecule has 2 rings (SSSR count). The Balaban J connectivity index is 0.00000420. The van der Waals surface area contributed by atoms with Crippen molar-refractivity contribution in [3.8, 4) is 0 Å². The lowest BCUT2D eigenvalue weighted by Crippen LogP contribution is -2.50. The Morgan fingerprint density at radius 2 is 2.03 bits per heavy atom. The first-order chi connectivity index (χ1) is 13.4. The standard InChI is InChI=1S/C19H31ClN4O2S2.HI/c1-4-21-19(22-14-18(27-3)15-7-6-8-16(20)13-15)23-17-9-11-24(12-10-17)28(25,26)5-2;/h6-8,13,17-18H,4-5,9-12,14H2,1-3H3,(H2,21,22,23);1H. The molecule has 1 saturated heterocycles. The average Bonchev–Trinajstić information content (AvgIpc) is 2.69. The Hall–Kier alpha value is -0.230. The molecule has 0 radical (unpaired) electrons. The molecule has 1 aliphatic heterocycles. The molecule has 166 valence electrons. The van der Waals surface area contributed by atoms with Crippen LogP contribution in [-0.4, -0.2) is 62.9 Å². The fraction of sp³-hybridized carbons (Fsp3) is 0.632. The average molecular weight is 575 g/mol. The maximum absolute atomic E-state index is 12.0. The molecule has 1 aliphatic rings. The zero-order chi connectivity index (χ0) is 20.6. The van der Waals surface area contributed by atoms with Crippen LogP contribution in [0.4, 0.5) is 0 Å². The number of thioether (sulfide) groups is 1. The molecule has 0 amide bonds. The number of aliphatic imine (C=N–C) groups is 1. The van der Waals surface area contributed by atoms with Crippen molar-refractivity contribution in [3.05, 3.63) is 34.9 Å². The zero-order valence-electron chi connectivity index (χ0n) is 17.2. The minimum atomic E-state index is -3.10. The molecule has 1 aromatic carbocycles. The molecule has 1 atom stereocenters. The number of hydrogen-bond donors (Lipinski definition) is 2. The van der Waals surface area contributed by atoms with Crippen LogP contribution >= 0.6 is 47.3 Å². The van der Waals surface area contributed by atoms with Gasteiger partial charge in [-0.1, -0.05) is 23.7 Å². The van der Waals surface area contributed by atoms with Gasteiger partial charge in [-0.05, 0) is 50.6 Å². The Morgan fingerprint density at radius 3 is 2.59 bits per heavy atom. The largest absolute Gasteiger partial charge is 0.357 e. The molecule has 10 heteroatoms. The number of sulfonamides is 1. The summed E-state index contributed by atoms with van der Waals surface area (Å²) < 4.78 is 25.6. The SMILES string of the molecule is CCNC(=NCC(SC)c1cccc(Cl)c1)NC1CCN(S(=O)(=O)CC)CC1.I. The van der Waals surface area contributed by atoms with Crippen molar-refractivity contribution in [3.63, 3.8) is 0 Å². The van der Waals surface area contributed by atoms with E-state index in [2.05, 4.69) is 23.0 Å². The van der Waals surface area contributed by atoms with Gasteiger partial charge >= 0.3 is 0 Å². The number of nitrogens with zero attached hydrogens (tertiary/aromatic N) is 2. The van der Waals surface area contributed by atoms with Gasteiger partial charge in [0, 0.05) is 35.9 Å². The van der Waals surface area contributed by atoms with E-state index in [1.165, 1.54) is 0 Å². The molecule has 0 spiro atoms. The summed E-state index contributed by atoms with van der Waals surface area (Å²) in [6.45, 7) is 6.26. The molecule has 1 unspecified atom stereocenters. The first kappa shape index (κ1) is 26.8. The number of guanidine groups is 1. The van der Waals surface area contributed by atoms with Crippen molar-refractivity contribution in [2.75, 3.05) is 38.2 Å². The van der Waals surface area contributed by atoms with Crippen molar-refractivity contribution in [1.29, 1.82) is 0 Å². The second-order valence-corrected chi connectivity index (χ2v) is 10.5. The predicted molar refractivity (Wildman–Crippen MR) is 136 cm³/mol. The highest BCUT2D eigenvalue weighted by atomic mass is 127. The van der Waals surface area contributed by atoms with Crippen LogP contribution in [0.1, 0.15) is 37.5 Å². The van der Waals surface area contributed by atoms with E-state index in [-0.39, 0.29) is 41.0 Å². The van der Waals surface area contributed by atoms with Gasteiger partial charge in [0.05, 0.1) is 12.3 Å². The number of hydrogen-bond acceptors (Lipinski definition) is 4. The highest BCUT2D eigenvalue weighted by Gasteiger charge is 2.27. The third-order valence-corrected chi connectivity index (χ3v) is 7.92. The highest BCUT2D eigenvalue weighted by Crippen LogP contribution is 2.28. The Bertz CT molecular complexity index is 756. The molecule has 0 bridgehead atoms. The topological polar surface area (TPSA) is 73.8 Å². The van der Waals surface area contributed by atoms with E-state index in [4.69, 9.17) is 16.6 Å². The zero-order valence-corrected chi connectivity index (χ0v) is 21.9. The maximum atomic E-state index is 12.0.